The molecule has 0 aromatic heterocycles. The van der Waals surface area contributed by atoms with Gasteiger partial charge in [-0.2, -0.15) is 0 Å². The number of ether oxygens (including phenoxy) is 1. The number of aliphatic hydroxyl groups excluding tert-OH is 1. The second-order valence-electron chi connectivity index (χ2n) is 8.50. The monoisotopic (exact) mass is 372 g/mol. The Kier molecular flexibility index (Phi) is 8.34. The molecule has 3 aliphatic carbocycles. The number of rotatable bonds is 7. The quantitative estimate of drug-likeness (QED) is 0.464. The summed E-state index contributed by atoms with van der Waals surface area (Å²) >= 11 is 0. The zero-order chi connectivity index (χ0) is 18.9. The molecule has 0 spiro atoms. The average molecular weight is 373 g/mol. The summed E-state index contributed by atoms with van der Waals surface area (Å²) in [6.45, 7) is 0. The summed E-state index contributed by atoms with van der Waals surface area (Å²) in [5.41, 5.74) is 1.19. The molecular formula is C24H36O3. The molecule has 1 N–H and O–H groups in total. The molecule has 0 radical (unpaired) electrons. The Morgan fingerprint density at radius 3 is 2.48 bits per heavy atom. The van der Waals surface area contributed by atoms with E-state index in [2.05, 4.69) is 24.3 Å². The van der Waals surface area contributed by atoms with Crippen LogP contribution in [0.2, 0.25) is 0 Å². The molecule has 27 heavy (non-hydrogen) atoms. The molecule has 0 aromatic rings. The highest BCUT2D eigenvalue weighted by Crippen LogP contribution is 2.33. The van der Waals surface area contributed by atoms with Crippen LogP contribution in [0.5, 0.6) is 0 Å². The van der Waals surface area contributed by atoms with Crippen LogP contribution in [-0.2, 0) is 9.53 Å². The molecule has 3 atom stereocenters. The molecule has 0 bridgehead atoms. The lowest BCUT2D eigenvalue weighted by Gasteiger charge is -2.33. The Morgan fingerprint density at radius 1 is 1.04 bits per heavy atom. The minimum absolute atomic E-state index is 0.103. The highest BCUT2D eigenvalue weighted by Gasteiger charge is 2.36. The van der Waals surface area contributed by atoms with Crippen LogP contribution in [0.4, 0.5) is 0 Å². The molecule has 0 aliphatic heterocycles. The standard InChI is InChI=1S/C24H36O3/c25-22(18-19-12-6-4-7-13-19)23(20-14-8-5-9-15-20)24(26)27-21-16-10-2-1-3-11-17-21/h4-6,8,12,20-21,23-24,26H,1-3,7,9-11,13-18H2/t20?,23?,24-/m1/s1. The second-order valence-corrected chi connectivity index (χ2v) is 8.50. The molecule has 3 aliphatic rings. The predicted molar refractivity (Wildman–Crippen MR) is 109 cm³/mol. The molecule has 1 saturated carbocycles. The van der Waals surface area contributed by atoms with Crippen molar-refractivity contribution in [3.05, 3.63) is 36.0 Å². The van der Waals surface area contributed by atoms with Gasteiger partial charge < -0.3 is 9.84 Å². The van der Waals surface area contributed by atoms with Crippen molar-refractivity contribution >= 4 is 5.78 Å². The third-order valence-corrected chi connectivity index (χ3v) is 6.38. The minimum Gasteiger partial charge on any atom is -0.367 e. The van der Waals surface area contributed by atoms with Crippen LogP contribution in [0.25, 0.3) is 0 Å². The zero-order valence-electron chi connectivity index (χ0n) is 16.7. The van der Waals surface area contributed by atoms with Gasteiger partial charge in [-0.3, -0.25) is 4.79 Å². The Labute approximate surface area is 164 Å². The van der Waals surface area contributed by atoms with Gasteiger partial charge in [-0.1, -0.05) is 68.1 Å². The highest BCUT2D eigenvalue weighted by atomic mass is 16.6. The third-order valence-electron chi connectivity index (χ3n) is 6.38. The summed E-state index contributed by atoms with van der Waals surface area (Å²) in [6, 6.07) is 0. The summed E-state index contributed by atoms with van der Waals surface area (Å²) in [5, 5.41) is 11.0. The van der Waals surface area contributed by atoms with Crippen molar-refractivity contribution < 1.29 is 14.6 Å². The van der Waals surface area contributed by atoms with E-state index in [0.29, 0.717) is 6.42 Å². The Bertz CT molecular complexity index is 552. The van der Waals surface area contributed by atoms with Crippen molar-refractivity contribution in [2.24, 2.45) is 11.8 Å². The lowest BCUT2D eigenvalue weighted by Crippen LogP contribution is -2.39. The first-order valence-electron chi connectivity index (χ1n) is 11.1. The molecule has 3 rings (SSSR count). The lowest BCUT2D eigenvalue weighted by atomic mass is 9.78. The van der Waals surface area contributed by atoms with Crippen LogP contribution >= 0.6 is 0 Å². The van der Waals surface area contributed by atoms with Gasteiger partial charge in [0.15, 0.2) is 6.29 Å². The number of hydrogen-bond donors (Lipinski definition) is 1. The van der Waals surface area contributed by atoms with Crippen molar-refractivity contribution in [1.82, 2.24) is 0 Å². The van der Waals surface area contributed by atoms with Crippen molar-refractivity contribution in [3.63, 3.8) is 0 Å². The SMILES string of the molecule is O=C(CC1=CC=CCC1)C(C1CC=CCC1)[C@H](O)OC1CCCCCCC1. The molecule has 3 nitrogen and oxygen atoms in total. The van der Waals surface area contributed by atoms with Crippen molar-refractivity contribution in [1.29, 1.82) is 0 Å². The van der Waals surface area contributed by atoms with Gasteiger partial charge in [-0.15, -0.1) is 0 Å². The number of allylic oxidation sites excluding steroid dienone is 6. The maximum Gasteiger partial charge on any atom is 0.164 e. The maximum atomic E-state index is 13.2. The molecule has 0 heterocycles. The van der Waals surface area contributed by atoms with E-state index in [4.69, 9.17) is 4.74 Å². The van der Waals surface area contributed by atoms with E-state index in [1.807, 2.05) is 6.08 Å². The van der Waals surface area contributed by atoms with E-state index >= 15 is 0 Å². The van der Waals surface area contributed by atoms with Gasteiger partial charge in [0, 0.05) is 6.42 Å². The van der Waals surface area contributed by atoms with Gasteiger partial charge in [0.1, 0.15) is 5.78 Å². The van der Waals surface area contributed by atoms with E-state index in [1.165, 1.54) is 37.7 Å². The van der Waals surface area contributed by atoms with Crippen molar-refractivity contribution in [2.45, 2.75) is 95.9 Å². The van der Waals surface area contributed by atoms with Gasteiger partial charge in [0.25, 0.3) is 0 Å². The minimum atomic E-state index is -0.960. The summed E-state index contributed by atoms with van der Waals surface area (Å²) in [6.07, 6.45) is 23.2. The van der Waals surface area contributed by atoms with Crippen LogP contribution in [-0.4, -0.2) is 23.3 Å². The fraction of sp³-hybridized carbons (Fsp3) is 0.708. The smallest absolute Gasteiger partial charge is 0.164 e. The largest absolute Gasteiger partial charge is 0.367 e. The third kappa shape index (κ3) is 6.43. The lowest BCUT2D eigenvalue weighted by molar-refractivity contribution is -0.184. The number of carbonyl (C=O) groups is 1. The Hall–Kier alpha value is -1.19. The van der Waals surface area contributed by atoms with E-state index in [0.717, 1.165) is 44.9 Å². The zero-order valence-corrected chi connectivity index (χ0v) is 16.7. The number of ketones is 1. The molecule has 0 saturated heterocycles. The van der Waals surface area contributed by atoms with Crippen molar-refractivity contribution in [3.8, 4) is 0 Å². The average Bonchev–Trinajstić information content (AvgIpc) is 2.66. The number of carbonyl (C=O) groups excluding carboxylic acids is 1. The molecule has 0 aromatic carbocycles. The Balaban J connectivity index is 1.65. The topological polar surface area (TPSA) is 46.5 Å². The van der Waals surface area contributed by atoms with Crippen LogP contribution < -0.4 is 0 Å². The predicted octanol–water partition coefficient (Wildman–Crippen LogP) is 5.64. The molecule has 1 fully saturated rings. The maximum absolute atomic E-state index is 13.2. The summed E-state index contributed by atoms with van der Waals surface area (Å²) in [7, 11) is 0. The first-order chi connectivity index (χ1) is 13.2. The Morgan fingerprint density at radius 2 is 1.81 bits per heavy atom. The van der Waals surface area contributed by atoms with E-state index in [1.54, 1.807) is 0 Å². The fourth-order valence-corrected chi connectivity index (χ4v) is 4.78. The summed E-state index contributed by atoms with van der Waals surface area (Å²) < 4.78 is 6.13. The highest BCUT2D eigenvalue weighted by molar-refractivity contribution is 5.84. The van der Waals surface area contributed by atoms with E-state index in [9.17, 15) is 9.90 Å². The van der Waals surface area contributed by atoms with Gasteiger partial charge in [-0.05, 0) is 50.9 Å². The van der Waals surface area contributed by atoms with Crippen LogP contribution in [0.1, 0.15) is 83.5 Å². The molecule has 0 amide bonds. The van der Waals surface area contributed by atoms with E-state index in [-0.39, 0.29) is 17.8 Å². The van der Waals surface area contributed by atoms with Gasteiger partial charge >= 0.3 is 0 Å². The molecule has 150 valence electrons. The number of aliphatic hydroxyl groups is 1. The molecular weight excluding hydrogens is 336 g/mol. The number of hydrogen-bond acceptors (Lipinski definition) is 3. The van der Waals surface area contributed by atoms with Gasteiger partial charge in [-0.25, -0.2) is 0 Å². The number of Topliss-reactive ketones (excluding diaryl/α,β-unsaturated/α-hetero) is 1. The van der Waals surface area contributed by atoms with Crippen molar-refractivity contribution in [2.75, 3.05) is 0 Å². The van der Waals surface area contributed by atoms with Crippen LogP contribution in [0.3, 0.4) is 0 Å². The van der Waals surface area contributed by atoms with Crippen LogP contribution in [0.15, 0.2) is 36.0 Å². The first-order valence-corrected chi connectivity index (χ1v) is 11.1. The van der Waals surface area contributed by atoms with E-state index < -0.39 is 12.2 Å². The normalized spacial score (nSPS) is 26.7. The van der Waals surface area contributed by atoms with Gasteiger partial charge in [0.2, 0.25) is 0 Å². The first kappa shape index (κ1) is 20.5. The second kappa shape index (κ2) is 11.0. The summed E-state index contributed by atoms with van der Waals surface area (Å²) in [5.74, 6) is -0.0341. The molecule has 2 unspecified atom stereocenters. The molecule has 3 heteroatoms. The summed E-state index contributed by atoms with van der Waals surface area (Å²) in [4.78, 5) is 13.2. The van der Waals surface area contributed by atoms with Gasteiger partial charge in [0.05, 0.1) is 12.0 Å². The fourth-order valence-electron chi connectivity index (χ4n) is 4.78. The van der Waals surface area contributed by atoms with Crippen LogP contribution in [0, 0.1) is 11.8 Å².